The quantitative estimate of drug-likeness (QED) is 0.582. The van der Waals surface area contributed by atoms with E-state index in [9.17, 15) is 4.79 Å². The molecule has 4 nitrogen and oxygen atoms in total. The number of ether oxygens (including phenoxy) is 2. The van der Waals surface area contributed by atoms with Crippen LogP contribution in [0.5, 0.6) is 0 Å². The number of rotatable bonds is 0. The van der Waals surface area contributed by atoms with Gasteiger partial charge in [0.2, 0.25) is 0 Å². The maximum absolute atomic E-state index is 10.9. The molecular formula is C8H13NO3. The molecule has 12 heavy (non-hydrogen) atoms. The van der Waals surface area contributed by atoms with E-state index < -0.39 is 0 Å². The minimum atomic E-state index is -0.320. The predicted molar refractivity (Wildman–Crippen MR) is 41.8 cm³/mol. The normalized spacial score (nSPS) is 46.3. The van der Waals surface area contributed by atoms with Crippen molar-refractivity contribution < 1.29 is 14.3 Å². The smallest absolute Gasteiger partial charge is 0.407 e. The van der Waals surface area contributed by atoms with Crippen LogP contribution < -0.4 is 5.32 Å². The van der Waals surface area contributed by atoms with E-state index in [4.69, 9.17) is 9.47 Å². The second-order valence-corrected chi connectivity index (χ2v) is 3.65. The Hall–Kier alpha value is -0.770. The molecule has 2 heterocycles. The summed E-state index contributed by atoms with van der Waals surface area (Å²) < 4.78 is 10.4. The highest BCUT2D eigenvalue weighted by molar-refractivity contribution is 5.71. The molecule has 3 unspecified atom stereocenters. The van der Waals surface area contributed by atoms with Crippen LogP contribution in [0.2, 0.25) is 0 Å². The van der Waals surface area contributed by atoms with E-state index in [1.165, 1.54) is 0 Å². The Labute approximate surface area is 71.2 Å². The summed E-state index contributed by atoms with van der Waals surface area (Å²) in [7, 11) is 0. The van der Waals surface area contributed by atoms with E-state index in [0.29, 0.717) is 6.61 Å². The first-order valence-electron chi connectivity index (χ1n) is 4.23. The topological polar surface area (TPSA) is 47.6 Å². The summed E-state index contributed by atoms with van der Waals surface area (Å²) in [6, 6.07) is 0. The molecule has 4 heteroatoms. The number of alkyl carbamates (subject to hydrolysis) is 1. The van der Waals surface area contributed by atoms with Crippen molar-refractivity contribution in [2.24, 2.45) is 0 Å². The lowest BCUT2D eigenvalue weighted by Crippen LogP contribution is -2.48. The molecule has 2 aliphatic heterocycles. The van der Waals surface area contributed by atoms with Gasteiger partial charge in [-0.05, 0) is 13.8 Å². The van der Waals surface area contributed by atoms with E-state index in [1.54, 1.807) is 0 Å². The molecule has 2 saturated heterocycles. The van der Waals surface area contributed by atoms with Gasteiger partial charge in [0.25, 0.3) is 0 Å². The SMILES string of the molecule is CC1CC2(COC(=O)N2)C(C)O1. The Bertz CT molecular complexity index is 218. The Morgan fingerprint density at radius 2 is 2.33 bits per heavy atom. The summed E-state index contributed by atoms with van der Waals surface area (Å²) in [6.07, 6.45) is 0.792. The molecule has 0 aliphatic carbocycles. The molecule has 0 bridgehead atoms. The molecule has 1 spiro atoms. The van der Waals surface area contributed by atoms with E-state index >= 15 is 0 Å². The number of hydrogen-bond donors (Lipinski definition) is 1. The minimum absolute atomic E-state index is 0.0546. The molecule has 1 N–H and O–H groups in total. The van der Waals surface area contributed by atoms with Crippen molar-refractivity contribution in [1.29, 1.82) is 0 Å². The van der Waals surface area contributed by atoms with Crippen molar-refractivity contribution in [3.05, 3.63) is 0 Å². The highest BCUT2D eigenvalue weighted by atomic mass is 16.6. The van der Waals surface area contributed by atoms with E-state index in [0.717, 1.165) is 6.42 Å². The second kappa shape index (κ2) is 2.36. The molecular weight excluding hydrogens is 158 g/mol. The number of amides is 1. The molecule has 3 atom stereocenters. The Morgan fingerprint density at radius 3 is 2.75 bits per heavy atom. The zero-order valence-electron chi connectivity index (χ0n) is 7.29. The number of nitrogens with one attached hydrogen (secondary N) is 1. The molecule has 2 rings (SSSR count). The Balaban J connectivity index is 2.16. The summed E-state index contributed by atoms with van der Waals surface area (Å²) in [5.41, 5.74) is -0.253. The summed E-state index contributed by atoms with van der Waals surface area (Å²) >= 11 is 0. The van der Waals surface area contributed by atoms with Crippen molar-refractivity contribution in [2.75, 3.05) is 6.61 Å². The standard InChI is InChI=1S/C8H13NO3/c1-5-3-8(6(2)12-5)4-11-7(10)9-8/h5-6H,3-4H2,1-2H3,(H,9,10). The van der Waals surface area contributed by atoms with Crippen LogP contribution in [-0.2, 0) is 9.47 Å². The summed E-state index contributed by atoms with van der Waals surface area (Å²) in [4.78, 5) is 10.9. The molecule has 0 radical (unpaired) electrons. The maximum Gasteiger partial charge on any atom is 0.407 e. The van der Waals surface area contributed by atoms with Crippen LogP contribution in [0.3, 0.4) is 0 Å². The molecule has 2 aliphatic rings. The van der Waals surface area contributed by atoms with Crippen LogP contribution in [-0.4, -0.2) is 30.4 Å². The number of hydrogen-bond acceptors (Lipinski definition) is 3. The zero-order chi connectivity index (χ0) is 8.77. The van der Waals surface area contributed by atoms with Gasteiger partial charge in [0.15, 0.2) is 0 Å². The maximum atomic E-state index is 10.9. The zero-order valence-corrected chi connectivity index (χ0v) is 7.29. The van der Waals surface area contributed by atoms with Gasteiger partial charge >= 0.3 is 6.09 Å². The first-order valence-corrected chi connectivity index (χ1v) is 4.23. The molecule has 1 amide bonds. The lowest BCUT2D eigenvalue weighted by molar-refractivity contribution is 0.0447. The van der Waals surface area contributed by atoms with Crippen molar-refractivity contribution in [3.63, 3.8) is 0 Å². The Morgan fingerprint density at radius 1 is 1.58 bits per heavy atom. The van der Waals surface area contributed by atoms with Gasteiger partial charge in [0.1, 0.15) is 12.1 Å². The highest BCUT2D eigenvalue weighted by Gasteiger charge is 2.50. The molecule has 0 aromatic heterocycles. The monoisotopic (exact) mass is 171 g/mol. The fourth-order valence-corrected chi connectivity index (χ4v) is 2.00. The van der Waals surface area contributed by atoms with Gasteiger partial charge in [0.05, 0.1) is 12.2 Å². The first kappa shape index (κ1) is 7.86. The van der Waals surface area contributed by atoms with Crippen molar-refractivity contribution in [1.82, 2.24) is 5.32 Å². The molecule has 0 aromatic rings. The number of cyclic esters (lactones) is 1. The van der Waals surface area contributed by atoms with Crippen molar-refractivity contribution >= 4 is 6.09 Å². The van der Waals surface area contributed by atoms with Gasteiger partial charge < -0.3 is 14.8 Å². The van der Waals surface area contributed by atoms with Gasteiger partial charge in [-0.2, -0.15) is 0 Å². The van der Waals surface area contributed by atoms with Gasteiger partial charge in [0, 0.05) is 6.42 Å². The second-order valence-electron chi connectivity index (χ2n) is 3.65. The molecule has 2 fully saturated rings. The van der Waals surface area contributed by atoms with Crippen LogP contribution in [0.25, 0.3) is 0 Å². The third-order valence-electron chi connectivity index (χ3n) is 2.68. The molecule has 0 aromatic carbocycles. The van der Waals surface area contributed by atoms with Gasteiger partial charge in [-0.3, -0.25) is 0 Å². The van der Waals surface area contributed by atoms with Gasteiger partial charge in [-0.25, -0.2) is 4.79 Å². The fourth-order valence-electron chi connectivity index (χ4n) is 2.00. The van der Waals surface area contributed by atoms with Crippen LogP contribution in [0.1, 0.15) is 20.3 Å². The predicted octanol–water partition coefficient (Wildman–Crippen LogP) is 0.662. The minimum Gasteiger partial charge on any atom is -0.447 e. The number of carbonyl (C=O) groups is 1. The summed E-state index contributed by atoms with van der Waals surface area (Å²) in [6.45, 7) is 4.42. The van der Waals surface area contributed by atoms with Crippen molar-refractivity contribution in [2.45, 2.75) is 38.0 Å². The largest absolute Gasteiger partial charge is 0.447 e. The third kappa shape index (κ3) is 0.982. The Kier molecular flexibility index (Phi) is 1.54. The number of carbonyl (C=O) groups excluding carboxylic acids is 1. The third-order valence-corrected chi connectivity index (χ3v) is 2.68. The van der Waals surface area contributed by atoms with Crippen LogP contribution in [0, 0.1) is 0 Å². The lowest BCUT2D eigenvalue weighted by Gasteiger charge is -2.23. The van der Waals surface area contributed by atoms with Gasteiger partial charge in [-0.1, -0.05) is 0 Å². The fraction of sp³-hybridized carbons (Fsp3) is 0.875. The lowest BCUT2D eigenvalue weighted by atomic mass is 9.92. The molecule has 68 valence electrons. The van der Waals surface area contributed by atoms with E-state index in [2.05, 4.69) is 5.32 Å². The summed E-state index contributed by atoms with van der Waals surface area (Å²) in [5, 5.41) is 2.82. The van der Waals surface area contributed by atoms with E-state index in [1.807, 2.05) is 13.8 Å². The van der Waals surface area contributed by atoms with Crippen LogP contribution in [0.15, 0.2) is 0 Å². The highest BCUT2D eigenvalue weighted by Crippen LogP contribution is 2.33. The average molecular weight is 171 g/mol. The van der Waals surface area contributed by atoms with Gasteiger partial charge in [-0.15, -0.1) is 0 Å². The van der Waals surface area contributed by atoms with E-state index in [-0.39, 0.29) is 23.8 Å². The molecule has 0 saturated carbocycles. The van der Waals surface area contributed by atoms with Crippen molar-refractivity contribution in [3.8, 4) is 0 Å². The average Bonchev–Trinajstić information content (AvgIpc) is 2.43. The summed E-state index contributed by atoms with van der Waals surface area (Å²) in [5.74, 6) is 0. The first-order chi connectivity index (χ1) is 5.62. The van der Waals surface area contributed by atoms with Crippen LogP contribution in [0.4, 0.5) is 4.79 Å². The van der Waals surface area contributed by atoms with Crippen LogP contribution >= 0.6 is 0 Å².